The van der Waals surface area contributed by atoms with E-state index in [-0.39, 0.29) is 17.1 Å². The van der Waals surface area contributed by atoms with Crippen LogP contribution < -0.4 is 5.56 Å². The lowest BCUT2D eigenvalue weighted by molar-refractivity contribution is 0.181. The molecule has 2 aromatic carbocycles. The van der Waals surface area contributed by atoms with Crippen LogP contribution >= 0.6 is 0 Å². The van der Waals surface area contributed by atoms with Gasteiger partial charge in [-0.15, -0.1) is 5.10 Å². The van der Waals surface area contributed by atoms with Crippen molar-refractivity contribution in [2.75, 3.05) is 6.54 Å². The standard InChI is InChI=1S/C26H30N6O/c1-5-26(3,4)32-24(28-29-30-32)23(31-14-13-18-10-6-7-11-20(18)16-31)21-15-19-12-8-9-17(2)22(19)27-25(21)33/h6-12,15,23H,5,13-14,16H2,1-4H3,(H,27,33)/t23-/m0/s1. The van der Waals surface area contributed by atoms with Crippen molar-refractivity contribution in [3.63, 3.8) is 0 Å². The Labute approximate surface area is 193 Å². The zero-order valence-electron chi connectivity index (χ0n) is 19.7. The van der Waals surface area contributed by atoms with E-state index in [1.165, 1.54) is 11.1 Å². The molecule has 4 aromatic rings. The molecular formula is C26H30N6O. The largest absolute Gasteiger partial charge is 0.321 e. The monoisotopic (exact) mass is 442 g/mol. The van der Waals surface area contributed by atoms with E-state index < -0.39 is 0 Å². The molecule has 1 N–H and O–H groups in total. The van der Waals surface area contributed by atoms with Gasteiger partial charge in [-0.1, -0.05) is 49.4 Å². The number of rotatable bonds is 5. The molecule has 33 heavy (non-hydrogen) atoms. The van der Waals surface area contributed by atoms with Gasteiger partial charge in [0.1, 0.15) is 6.04 Å². The number of H-pyrrole nitrogens is 1. The molecule has 1 aliphatic rings. The molecule has 7 heteroatoms. The second kappa shape index (κ2) is 8.23. The summed E-state index contributed by atoms with van der Waals surface area (Å²) in [5, 5.41) is 13.9. The van der Waals surface area contributed by atoms with Crippen LogP contribution in [0.25, 0.3) is 10.9 Å². The van der Waals surface area contributed by atoms with E-state index >= 15 is 0 Å². The number of pyridine rings is 1. The number of nitrogens with zero attached hydrogens (tertiary/aromatic N) is 5. The van der Waals surface area contributed by atoms with Gasteiger partial charge in [-0.2, -0.15) is 0 Å². The smallest absolute Gasteiger partial charge is 0.253 e. The van der Waals surface area contributed by atoms with Crippen LogP contribution in [0, 0.1) is 6.92 Å². The van der Waals surface area contributed by atoms with Crippen LogP contribution in [0.2, 0.25) is 0 Å². The fourth-order valence-corrected chi connectivity index (χ4v) is 4.79. The Balaban J connectivity index is 1.70. The van der Waals surface area contributed by atoms with E-state index in [0.29, 0.717) is 11.4 Å². The number of para-hydroxylation sites is 1. The topological polar surface area (TPSA) is 79.7 Å². The summed E-state index contributed by atoms with van der Waals surface area (Å²) >= 11 is 0. The van der Waals surface area contributed by atoms with E-state index in [1.807, 2.05) is 35.9 Å². The second-order valence-electron chi connectivity index (χ2n) is 9.60. The Morgan fingerprint density at radius 3 is 2.70 bits per heavy atom. The third-order valence-corrected chi connectivity index (χ3v) is 7.11. The van der Waals surface area contributed by atoms with Crippen molar-refractivity contribution in [1.29, 1.82) is 0 Å². The number of nitrogens with one attached hydrogen (secondary N) is 1. The summed E-state index contributed by atoms with van der Waals surface area (Å²) in [5.74, 6) is 0.707. The number of benzene rings is 2. The first-order valence-electron chi connectivity index (χ1n) is 11.6. The Bertz CT molecular complexity index is 1370. The third kappa shape index (κ3) is 3.76. The molecule has 170 valence electrons. The third-order valence-electron chi connectivity index (χ3n) is 7.11. The molecule has 0 saturated heterocycles. The molecule has 0 spiro atoms. The Morgan fingerprint density at radius 1 is 1.12 bits per heavy atom. The molecule has 0 saturated carbocycles. The first-order valence-corrected chi connectivity index (χ1v) is 11.6. The number of fused-ring (bicyclic) bond motifs is 2. The minimum atomic E-state index is -0.354. The van der Waals surface area contributed by atoms with Crippen LogP contribution in [0.1, 0.15) is 61.3 Å². The van der Waals surface area contributed by atoms with Gasteiger partial charge in [-0.25, -0.2) is 4.68 Å². The zero-order chi connectivity index (χ0) is 23.2. The minimum absolute atomic E-state index is 0.0930. The molecule has 1 aliphatic heterocycles. The first kappa shape index (κ1) is 21.5. The molecule has 5 rings (SSSR count). The predicted molar refractivity (Wildman–Crippen MR) is 129 cm³/mol. The van der Waals surface area contributed by atoms with Crippen molar-refractivity contribution in [3.05, 3.63) is 87.0 Å². The molecule has 0 bridgehead atoms. The maximum absolute atomic E-state index is 13.5. The second-order valence-corrected chi connectivity index (χ2v) is 9.60. The Hall–Kier alpha value is -3.32. The van der Waals surface area contributed by atoms with Crippen LogP contribution in [0.3, 0.4) is 0 Å². The lowest BCUT2D eigenvalue weighted by atomic mass is 9.95. The van der Waals surface area contributed by atoms with Gasteiger partial charge in [0.2, 0.25) is 0 Å². The molecule has 2 aromatic heterocycles. The highest BCUT2D eigenvalue weighted by atomic mass is 16.1. The molecule has 7 nitrogen and oxygen atoms in total. The van der Waals surface area contributed by atoms with Gasteiger partial charge in [0.25, 0.3) is 5.56 Å². The average molecular weight is 443 g/mol. The number of aromatic amines is 1. The number of hydrogen-bond donors (Lipinski definition) is 1. The Morgan fingerprint density at radius 2 is 1.91 bits per heavy atom. The number of hydrogen-bond acceptors (Lipinski definition) is 5. The van der Waals surface area contributed by atoms with Crippen molar-refractivity contribution in [2.45, 2.75) is 58.7 Å². The SMILES string of the molecule is CCC(C)(C)n1nnnc1[C@H](c1cc2cccc(C)c2[nH]c1=O)N1CCc2ccccc2C1. The van der Waals surface area contributed by atoms with E-state index in [4.69, 9.17) is 0 Å². The fraction of sp³-hybridized carbons (Fsp3) is 0.385. The van der Waals surface area contributed by atoms with Gasteiger partial charge in [0.05, 0.1) is 11.1 Å². The van der Waals surface area contributed by atoms with Crippen LogP contribution in [-0.2, 0) is 18.5 Å². The summed E-state index contributed by atoms with van der Waals surface area (Å²) in [4.78, 5) is 19.0. The Kier molecular flexibility index (Phi) is 5.37. The normalized spacial score (nSPS) is 15.5. The van der Waals surface area contributed by atoms with Gasteiger partial charge >= 0.3 is 0 Å². The summed E-state index contributed by atoms with van der Waals surface area (Å²) < 4.78 is 1.90. The summed E-state index contributed by atoms with van der Waals surface area (Å²) in [6, 6.07) is 16.3. The molecule has 0 aliphatic carbocycles. The van der Waals surface area contributed by atoms with Crippen LogP contribution in [0.5, 0.6) is 0 Å². The summed E-state index contributed by atoms with van der Waals surface area (Å²) in [6.45, 7) is 9.97. The van der Waals surface area contributed by atoms with Crippen molar-refractivity contribution in [3.8, 4) is 0 Å². The molecule has 0 amide bonds. The van der Waals surface area contributed by atoms with Crippen molar-refractivity contribution in [2.24, 2.45) is 0 Å². The van der Waals surface area contributed by atoms with Gasteiger partial charge < -0.3 is 4.98 Å². The summed E-state index contributed by atoms with van der Waals surface area (Å²) in [6.07, 6.45) is 1.80. The van der Waals surface area contributed by atoms with Gasteiger partial charge in [-0.05, 0) is 72.2 Å². The van der Waals surface area contributed by atoms with E-state index in [2.05, 4.69) is 70.4 Å². The number of aromatic nitrogens is 5. The molecule has 3 heterocycles. The number of tetrazole rings is 1. The predicted octanol–water partition coefficient (Wildman–Crippen LogP) is 4.12. The molecule has 0 unspecified atom stereocenters. The van der Waals surface area contributed by atoms with Crippen LogP contribution in [-0.4, -0.2) is 36.6 Å². The highest BCUT2D eigenvalue weighted by Crippen LogP contribution is 2.34. The molecule has 1 atom stereocenters. The lowest BCUT2D eigenvalue weighted by Crippen LogP contribution is -2.40. The molecular weight excluding hydrogens is 412 g/mol. The average Bonchev–Trinajstić information content (AvgIpc) is 3.31. The van der Waals surface area contributed by atoms with Crippen molar-refractivity contribution >= 4 is 10.9 Å². The van der Waals surface area contributed by atoms with E-state index in [9.17, 15) is 4.79 Å². The highest BCUT2D eigenvalue weighted by Gasteiger charge is 2.35. The lowest BCUT2D eigenvalue weighted by Gasteiger charge is -2.36. The quantitative estimate of drug-likeness (QED) is 0.503. The zero-order valence-corrected chi connectivity index (χ0v) is 19.7. The first-order chi connectivity index (χ1) is 15.9. The van der Waals surface area contributed by atoms with E-state index in [0.717, 1.165) is 42.4 Å². The molecule has 0 fully saturated rings. The van der Waals surface area contributed by atoms with Gasteiger partial charge in [0.15, 0.2) is 5.82 Å². The maximum atomic E-state index is 13.5. The van der Waals surface area contributed by atoms with Crippen molar-refractivity contribution in [1.82, 2.24) is 30.1 Å². The fourth-order valence-electron chi connectivity index (χ4n) is 4.79. The summed E-state index contributed by atoms with van der Waals surface area (Å²) in [5.41, 5.74) is 4.89. The van der Waals surface area contributed by atoms with Crippen molar-refractivity contribution < 1.29 is 0 Å². The maximum Gasteiger partial charge on any atom is 0.253 e. The van der Waals surface area contributed by atoms with Gasteiger partial charge in [0, 0.05) is 18.7 Å². The summed E-state index contributed by atoms with van der Waals surface area (Å²) in [7, 11) is 0. The van der Waals surface area contributed by atoms with Gasteiger partial charge in [-0.3, -0.25) is 9.69 Å². The van der Waals surface area contributed by atoms with E-state index in [1.54, 1.807) is 0 Å². The minimum Gasteiger partial charge on any atom is -0.321 e. The number of aryl methyl sites for hydroxylation is 1. The van der Waals surface area contributed by atoms with Crippen LogP contribution in [0.4, 0.5) is 0 Å². The highest BCUT2D eigenvalue weighted by molar-refractivity contribution is 5.82. The molecule has 0 radical (unpaired) electrons. The van der Waals surface area contributed by atoms with Crippen LogP contribution in [0.15, 0.2) is 53.3 Å².